The highest BCUT2D eigenvalue weighted by Crippen LogP contribution is 2.19. The predicted molar refractivity (Wildman–Crippen MR) is 74.6 cm³/mol. The molecule has 0 saturated carbocycles. The van der Waals surface area contributed by atoms with Crippen molar-refractivity contribution in [3.05, 3.63) is 44.9 Å². The topological polar surface area (TPSA) is 58.1 Å². The van der Waals surface area contributed by atoms with Crippen molar-refractivity contribution in [2.24, 2.45) is 0 Å². The Bertz CT molecular complexity index is 765. The molecule has 1 fully saturated rings. The van der Waals surface area contributed by atoms with Gasteiger partial charge in [-0.25, -0.2) is 9.18 Å². The Labute approximate surface area is 114 Å². The van der Waals surface area contributed by atoms with Crippen LogP contribution in [0.15, 0.2) is 27.8 Å². The second kappa shape index (κ2) is 4.86. The maximum absolute atomic E-state index is 13.3. The van der Waals surface area contributed by atoms with Crippen LogP contribution in [0.4, 0.5) is 4.39 Å². The van der Waals surface area contributed by atoms with Crippen LogP contribution in [-0.4, -0.2) is 34.1 Å². The SMILES string of the molecule is CCN1CCC(n2c(=O)[nH]c3ccc(F)cc3c2=O)C1. The van der Waals surface area contributed by atoms with Crippen LogP contribution >= 0.6 is 0 Å². The number of aromatic amines is 1. The first-order valence-corrected chi connectivity index (χ1v) is 6.76. The Morgan fingerprint density at radius 1 is 1.40 bits per heavy atom. The zero-order valence-corrected chi connectivity index (χ0v) is 11.2. The van der Waals surface area contributed by atoms with E-state index in [-0.39, 0.29) is 11.4 Å². The number of aromatic nitrogens is 2. The lowest BCUT2D eigenvalue weighted by Crippen LogP contribution is -2.39. The molecule has 0 radical (unpaired) electrons. The van der Waals surface area contributed by atoms with Gasteiger partial charge in [0, 0.05) is 13.1 Å². The Kier molecular flexibility index (Phi) is 3.17. The summed E-state index contributed by atoms with van der Waals surface area (Å²) in [6.07, 6.45) is 0.762. The van der Waals surface area contributed by atoms with Crippen LogP contribution in [0.3, 0.4) is 0 Å². The number of fused-ring (bicyclic) bond motifs is 1. The molecule has 106 valence electrons. The Morgan fingerprint density at radius 2 is 2.20 bits per heavy atom. The van der Waals surface area contributed by atoms with Crippen molar-refractivity contribution in [3.8, 4) is 0 Å². The fourth-order valence-corrected chi connectivity index (χ4v) is 2.84. The number of likely N-dealkylation sites (N-methyl/N-ethyl adjacent to an activating group) is 1. The van der Waals surface area contributed by atoms with E-state index in [4.69, 9.17) is 0 Å². The fourth-order valence-electron chi connectivity index (χ4n) is 2.84. The molecule has 0 spiro atoms. The molecule has 2 heterocycles. The van der Waals surface area contributed by atoms with E-state index in [9.17, 15) is 14.0 Å². The van der Waals surface area contributed by atoms with E-state index in [1.807, 2.05) is 6.92 Å². The molecular formula is C14H16FN3O2. The van der Waals surface area contributed by atoms with Gasteiger partial charge in [0.15, 0.2) is 0 Å². The minimum absolute atomic E-state index is 0.140. The minimum Gasteiger partial charge on any atom is -0.307 e. The summed E-state index contributed by atoms with van der Waals surface area (Å²) >= 11 is 0. The van der Waals surface area contributed by atoms with Crippen molar-refractivity contribution in [3.63, 3.8) is 0 Å². The van der Waals surface area contributed by atoms with Crippen molar-refractivity contribution in [2.45, 2.75) is 19.4 Å². The molecule has 1 N–H and O–H groups in total. The molecule has 1 aromatic heterocycles. The van der Waals surface area contributed by atoms with Gasteiger partial charge < -0.3 is 9.88 Å². The lowest BCUT2D eigenvalue weighted by Gasteiger charge is -2.15. The zero-order chi connectivity index (χ0) is 14.3. The van der Waals surface area contributed by atoms with Crippen molar-refractivity contribution in [2.75, 3.05) is 19.6 Å². The molecule has 20 heavy (non-hydrogen) atoms. The van der Waals surface area contributed by atoms with Gasteiger partial charge in [-0.1, -0.05) is 6.92 Å². The van der Waals surface area contributed by atoms with Crippen LogP contribution in [0.1, 0.15) is 19.4 Å². The molecule has 1 unspecified atom stereocenters. The highest BCUT2D eigenvalue weighted by Gasteiger charge is 2.25. The second-order valence-electron chi connectivity index (χ2n) is 5.13. The molecule has 2 aromatic rings. The molecule has 1 aromatic carbocycles. The smallest absolute Gasteiger partial charge is 0.307 e. The molecule has 5 nitrogen and oxygen atoms in total. The van der Waals surface area contributed by atoms with Gasteiger partial charge in [-0.15, -0.1) is 0 Å². The molecule has 3 rings (SSSR count). The van der Waals surface area contributed by atoms with Gasteiger partial charge in [0.25, 0.3) is 5.56 Å². The molecule has 0 aliphatic carbocycles. The summed E-state index contributed by atoms with van der Waals surface area (Å²) in [5.41, 5.74) is -0.453. The number of hydrogen-bond donors (Lipinski definition) is 1. The van der Waals surface area contributed by atoms with Crippen molar-refractivity contribution in [1.82, 2.24) is 14.5 Å². The quantitative estimate of drug-likeness (QED) is 0.894. The fraction of sp³-hybridized carbons (Fsp3) is 0.429. The first-order chi connectivity index (χ1) is 9.60. The maximum Gasteiger partial charge on any atom is 0.329 e. The molecule has 1 aliphatic heterocycles. The first kappa shape index (κ1) is 13.1. The summed E-state index contributed by atoms with van der Waals surface area (Å²) in [7, 11) is 0. The average Bonchev–Trinajstić information content (AvgIpc) is 2.88. The van der Waals surface area contributed by atoms with Crippen LogP contribution in [0.2, 0.25) is 0 Å². The molecule has 1 aliphatic rings. The van der Waals surface area contributed by atoms with Gasteiger partial charge in [0.05, 0.1) is 16.9 Å². The normalized spacial score (nSPS) is 19.8. The number of halogens is 1. The summed E-state index contributed by atoms with van der Waals surface area (Å²) in [5, 5.41) is 0.222. The number of nitrogens with zero attached hydrogens (tertiary/aromatic N) is 2. The van der Waals surface area contributed by atoms with Crippen LogP contribution < -0.4 is 11.2 Å². The number of rotatable bonds is 2. The number of H-pyrrole nitrogens is 1. The van der Waals surface area contributed by atoms with Gasteiger partial charge in [0.1, 0.15) is 5.82 Å². The number of hydrogen-bond acceptors (Lipinski definition) is 3. The second-order valence-corrected chi connectivity index (χ2v) is 5.13. The van der Waals surface area contributed by atoms with Crippen LogP contribution in [-0.2, 0) is 0 Å². The molecule has 0 amide bonds. The minimum atomic E-state index is -0.477. The first-order valence-electron chi connectivity index (χ1n) is 6.76. The van der Waals surface area contributed by atoms with Crippen LogP contribution in [0.25, 0.3) is 10.9 Å². The maximum atomic E-state index is 13.3. The Hall–Kier alpha value is -1.95. The summed E-state index contributed by atoms with van der Waals surface area (Å²) in [5.74, 6) is -0.477. The van der Waals surface area contributed by atoms with Gasteiger partial charge in [-0.05, 0) is 31.2 Å². The van der Waals surface area contributed by atoms with Gasteiger partial charge >= 0.3 is 5.69 Å². The van der Waals surface area contributed by atoms with Crippen molar-refractivity contribution >= 4 is 10.9 Å². The molecule has 0 bridgehead atoms. The third-order valence-corrected chi connectivity index (χ3v) is 3.95. The number of likely N-dealkylation sites (tertiary alicyclic amines) is 1. The predicted octanol–water partition coefficient (Wildman–Crippen LogP) is 1.10. The molecule has 1 saturated heterocycles. The van der Waals surface area contributed by atoms with E-state index in [0.717, 1.165) is 19.5 Å². The Balaban J connectivity index is 2.16. The standard InChI is InChI=1S/C14H16FN3O2/c1-2-17-6-5-10(8-17)18-13(19)11-7-9(15)3-4-12(11)16-14(18)20/h3-4,7,10H,2,5-6,8H2,1H3,(H,16,20). The van der Waals surface area contributed by atoms with E-state index >= 15 is 0 Å². The Morgan fingerprint density at radius 3 is 2.90 bits per heavy atom. The summed E-state index contributed by atoms with van der Waals surface area (Å²) in [6.45, 7) is 4.49. The highest BCUT2D eigenvalue weighted by atomic mass is 19.1. The molecular weight excluding hydrogens is 261 g/mol. The van der Waals surface area contributed by atoms with Crippen molar-refractivity contribution < 1.29 is 4.39 Å². The summed E-state index contributed by atoms with van der Waals surface area (Å²) < 4.78 is 14.5. The van der Waals surface area contributed by atoms with Gasteiger partial charge in [0.2, 0.25) is 0 Å². The highest BCUT2D eigenvalue weighted by molar-refractivity contribution is 5.77. The zero-order valence-electron chi connectivity index (χ0n) is 11.2. The van der Waals surface area contributed by atoms with E-state index in [2.05, 4.69) is 9.88 Å². The third kappa shape index (κ3) is 2.06. The van der Waals surface area contributed by atoms with E-state index in [0.29, 0.717) is 12.1 Å². The van der Waals surface area contributed by atoms with E-state index in [1.54, 1.807) is 0 Å². The molecule has 6 heteroatoms. The monoisotopic (exact) mass is 277 g/mol. The largest absolute Gasteiger partial charge is 0.329 e. The number of benzene rings is 1. The lowest BCUT2D eigenvalue weighted by atomic mass is 10.2. The van der Waals surface area contributed by atoms with Crippen LogP contribution in [0, 0.1) is 5.82 Å². The van der Waals surface area contributed by atoms with Crippen molar-refractivity contribution in [1.29, 1.82) is 0 Å². The number of nitrogens with one attached hydrogen (secondary N) is 1. The van der Waals surface area contributed by atoms with E-state index < -0.39 is 17.1 Å². The van der Waals surface area contributed by atoms with E-state index in [1.165, 1.54) is 22.8 Å². The average molecular weight is 277 g/mol. The third-order valence-electron chi connectivity index (χ3n) is 3.95. The lowest BCUT2D eigenvalue weighted by molar-refractivity contribution is 0.338. The van der Waals surface area contributed by atoms with Gasteiger partial charge in [-0.3, -0.25) is 9.36 Å². The summed E-state index contributed by atoms with van der Waals surface area (Å²) in [6, 6.07) is 3.69. The summed E-state index contributed by atoms with van der Waals surface area (Å²) in [4.78, 5) is 29.4. The molecule has 1 atom stereocenters. The van der Waals surface area contributed by atoms with Gasteiger partial charge in [-0.2, -0.15) is 0 Å². The van der Waals surface area contributed by atoms with Crippen LogP contribution in [0.5, 0.6) is 0 Å².